The molecule has 128 valence electrons. The second-order valence-corrected chi connectivity index (χ2v) is 9.08. The van der Waals surface area contributed by atoms with Crippen molar-refractivity contribution in [2.45, 2.75) is 23.0 Å². The van der Waals surface area contributed by atoms with Gasteiger partial charge in [0, 0.05) is 10.4 Å². The Bertz CT molecular complexity index is 977. The number of sulfone groups is 1. The Labute approximate surface area is 154 Å². The van der Waals surface area contributed by atoms with Crippen LogP contribution in [-0.2, 0) is 14.6 Å². The van der Waals surface area contributed by atoms with E-state index in [1.54, 1.807) is 42.5 Å². The molecule has 0 amide bonds. The van der Waals surface area contributed by atoms with Gasteiger partial charge in [0.25, 0.3) is 0 Å². The van der Waals surface area contributed by atoms with Gasteiger partial charge in [-0.25, -0.2) is 8.42 Å². The van der Waals surface area contributed by atoms with Crippen molar-refractivity contribution in [3.8, 4) is 6.07 Å². The molecule has 5 nitrogen and oxygen atoms in total. The van der Waals surface area contributed by atoms with Crippen LogP contribution in [0.4, 0.5) is 0 Å². The number of carboxylic acid groups (broad SMARTS) is 1. The Balaban J connectivity index is 2.12. The summed E-state index contributed by atoms with van der Waals surface area (Å²) < 4.78 is 26.8. The third kappa shape index (κ3) is 2.66. The number of hydrogen-bond acceptors (Lipinski definition) is 4. The lowest BCUT2D eigenvalue weighted by Gasteiger charge is -2.05. The molecule has 0 aliphatic heterocycles. The molecule has 2 aromatic rings. The van der Waals surface area contributed by atoms with Gasteiger partial charge in [0.1, 0.15) is 5.25 Å². The van der Waals surface area contributed by atoms with E-state index in [4.69, 9.17) is 0 Å². The summed E-state index contributed by atoms with van der Waals surface area (Å²) in [6.07, 6.45) is 0. The Morgan fingerprint density at radius 1 is 1.16 bits per heavy atom. The summed E-state index contributed by atoms with van der Waals surface area (Å²) in [5, 5.41) is 17.8. The highest BCUT2D eigenvalue weighted by Crippen LogP contribution is 2.64. The number of hydrogen-bond donors (Lipinski definition) is 1. The Hall–Kier alpha value is -2.17. The van der Waals surface area contributed by atoms with Crippen LogP contribution in [0.5, 0.6) is 0 Å². The van der Waals surface area contributed by atoms with Gasteiger partial charge in [-0.05, 0) is 36.8 Å². The van der Waals surface area contributed by atoms with Crippen molar-refractivity contribution in [3.05, 3.63) is 64.1 Å². The molecule has 1 aliphatic carbocycles. The van der Waals surface area contributed by atoms with Crippen LogP contribution in [0.1, 0.15) is 17.0 Å². The highest BCUT2D eigenvalue weighted by molar-refractivity contribution is 9.10. The highest BCUT2D eigenvalue weighted by Gasteiger charge is 2.77. The maximum Gasteiger partial charge on any atom is 0.326 e. The number of aliphatic carboxylic acids is 1. The molecule has 3 rings (SSSR count). The zero-order valence-corrected chi connectivity index (χ0v) is 15.6. The molecule has 0 heterocycles. The molecule has 2 aromatic carbocycles. The molecule has 3 unspecified atom stereocenters. The number of halogens is 1. The van der Waals surface area contributed by atoms with Gasteiger partial charge in [-0.2, -0.15) is 5.26 Å². The van der Waals surface area contributed by atoms with Crippen molar-refractivity contribution in [1.29, 1.82) is 5.26 Å². The first-order valence-electron chi connectivity index (χ1n) is 7.46. The lowest BCUT2D eigenvalue weighted by Crippen LogP contribution is -2.22. The van der Waals surface area contributed by atoms with E-state index in [0.717, 1.165) is 10.0 Å². The van der Waals surface area contributed by atoms with Crippen LogP contribution in [0.25, 0.3) is 0 Å². The molecule has 3 atom stereocenters. The molecule has 1 saturated carbocycles. The highest BCUT2D eigenvalue weighted by atomic mass is 79.9. The fourth-order valence-electron chi connectivity index (χ4n) is 3.20. The van der Waals surface area contributed by atoms with Crippen molar-refractivity contribution in [2.75, 3.05) is 0 Å². The predicted octanol–water partition coefficient (Wildman–Crippen LogP) is 3.29. The van der Waals surface area contributed by atoms with E-state index in [2.05, 4.69) is 15.9 Å². The summed E-state index contributed by atoms with van der Waals surface area (Å²) in [4.78, 5) is 11.8. The maximum atomic E-state index is 13.0. The Kier molecular flexibility index (Phi) is 4.21. The summed E-state index contributed by atoms with van der Waals surface area (Å²) in [6.45, 7) is 1.83. The topological polar surface area (TPSA) is 95.2 Å². The molecule has 7 heteroatoms. The first-order chi connectivity index (χ1) is 11.7. The lowest BCUT2D eigenvalue weighted by atomic mass is 10.0. The van der Waals surface area contributed by atoms with Crippen molar-refractivity contribution in [3.63, 3.8) is 0 Å². The van der Waals surface area contributed by atoms with Crippen molar-refractivity contribution >= 4 is 31.7 Å². The molecule has 1 N–H and O–H groups in total. The number of aryl methyl sites for hydroxylation is 1. The van der Waals surface area contributed by atoms with E-state index in [0.29, 0.717) is 5.56 Å². The van der Waals surface area contributed by atoms with Gasteiger partial charge in [-0.3, -0.25) is 4.79 Å². The van der Waals surface area contributed by atoms with E-state index in [1.807, 2.05) is 6.92 Å². The number of nitriles is 1. The molecule has 1 aliphatic rings. The van der Waals surface area contributed by atoms with Crippen LogP contribution in [-0.4, -0.2) is 24.7 Å². The summed E-state index contributed by atoms with van der Waals surface area (Å²) >= 11 is 3.29. The molecule has 0 saturated heterocycles. The third-order valence-electron chi connectivity index (χ3n) is 4.58. The van der Waals surface area contributed by atoms with Gasteiger partial charge >= 0.3 is 5.97 Å². The van der Waals surface area contributed by atoms with E-state index in [9.17, 15) is 23.6 Å². The number of nitrogens with zero attached hydrogens (tertiary/aromatic N) is 1. The molecule has 0 spiro atoms. The fourth-order valence-corrected chi connectivity index (χ4v) is 5.71. The normalized spacial score (nSPS) is 25.2. The van der Waals surface area contributed by atoms with Crippen LogP contribution in [0.15, 0.2) is 57.9 Å². The molecular weight excluding hydrogens is 406 g/mol. The summed E-state index contributed by atoms with van der Waals surface area (Å²) in [5.41, 5.74) is -0.561. The molecule has 0 radical (unpaired) electrons. The van der Waals surface area contributed by atoms with Gasteiger partial charge in [0.2, 0.25) is 0 Å². The Morgan fingerprint density at radius 3 is 2.20 bits per heavy atom. The van der Waals surface area contributed by atoms with Gasteiger partial charge in [-0.1, -0.05) is 45.8 Å². The lowest BCUT2D eigenvalue weighted by molar-refractivity contribution is -0.141. The molecule has 25 heavy (non-hydrogen) atoms. The number of rotatable bonds is 4. The average molecular weight is 420 g/mol. The largest absolute Gasteiger partial charge is 0.480 e. The first-order valence-corrected chi connectivity index (χ1v) is 9.79. The fraction of sp³-hybridized carbons (Fsp3) is 0.222. The smallest absolute Gasteiger partial charge is 0.326 e. The van der Waals surface area contributed by atoms with Crippen LogP contribution < -0.4 is 0 Å². The minimum Gasteiger partial charge on any atom is -0.480 e. The maximum absolute atomic E-state index is 13.0. The van der Waals surface area contributed by atoms with E-state index < -0.39 is 32.4 Å². The molecule has 0 bridgehead atoms. The van der Waals surface area contributed by atoms with Crippen LogP contribution in [0, 0.1) is 23.7 Å². The summed E-state index contributed by atoms with van der Waals surface area (Å²) in [6, 6.07) is 14.7. The van der Waals surface area contributed by atoms with Crippen LogP contribution in [0.2, 0.25) is 0 Å². The zero-order chi connectivity index (χ0) is 18.4. The quantitative estimate of drug-likeness (QED) is 0.819. The van der Waals surface area contributed by atoms with Gasteiger partial charge in [-0.15, -0.1) is 0 Å². The number of benzene rings is 2. The summed E-state index contributed by atoms with van der Waals surface area (Å²) in [5.74, 6) is -2.32. The van der Waals surface area contributed by atoms with E-state index >= 15 is 0 Å². The average Bonchev–Trinajstić information content (AvgIpc) is 3.27. The zero-order valence-electron chi connectivity index (χ0n) is 13.2. The van der Waals surface area contributed by atoms with E-state index in [1.165, 1.54) is 12.1 Å². The molecule has 1 fully saturated rings. The van der Waals surface area contributed by atoms with Crippen LogP contribution >= 0.6 is 15.9 Å². The van der Waals surface area contributed by atoms with Crippen LogP contribution in [0.3, 0.4) is 0 Å². The molecular formula is C18H14BrNO4S. The minimum absolute atomic E-state index is 0.0311. The SMILES string of the molecule is Cc1ccc(S(=O)(=O)C2C(c3ccc(Br)cc3)C2(C#N)C(=O)O)cc1. The number of carboxylic acids is 1. The monoisotopic (exact) mass is 419 g/mol. The van der Waals surface area contributed by atoms with Gasteiger partial charge < -0.3 is 5.11 Å². The van der Waals surface area contributed by atoms with Gasteiger partial charge in [0.05, 0.1) is 11.0 Å². The first kappa shape index (κ1) is 17.6. The van der Waals surface area contributed by atoms with Crippen molar-refractivity contribution in [1.82, 2.24) is 0 Å². The Morgan fingerprint density at radius 2 is 1.72 bits per heavy atom. The second kappa shape index (κ2) is 5.97. The standard InChI is InChI=1S/C18H14BrNO4S/c1-11-2-8-14(9-3-11)25(23,24)16-15(18(16,10-20)17(21)22)12-4-6-13(19)7-5-12/h2-9,15-16H,1H3,(H,21,22). The van der Waals surface area contributed by atoms with Crippen molar-refractivity contribution in [2.24, 2.45) is 5.41 Å². The minimum atomic E-state index is -3.97. The summed E-state index contributed by atoms with van der Waals surface area (Å²) in [7, 11) is -3.97. The van der Waals surface area contributed by atoms with E-state index in [-0.39, 0.29) is 4.90 Å². The third-order valence-corrected chi connectivity index (χ3v) is 7.36. The molecule has 0 aromatic heterocycles. The second-order valence-electron chi connectivity index (χ2n) is 6.09. The van der Waals surface area contributed by atoms with Crippen molar-refractivity contribution < 1.29 is 18.3 Å². The van der Waals surface area contributed by atoms with Gasteiger partial charge in [0.15, 0.2) is 15.3 Å². The predicted molar refractivity (Wildman–Crippen MR) is 94.7 cm³/mol. The number of carbonyl (C=O) groups is 1.